The standard InChI is InChI=1S/C18H15Cl2N5O3/c19-11-1-2-15(25-10-21-9-23-25)14(5-11)24-18(26)8-22-13-7-17-16(6-12(13)20)27-3-4-28-17/h1-2,5-7,9-10,22H,3-4,8H2,(H,24,26). The minimum absolute atomic E-state index is 0.0112. The molecule has 2 heterocycles. The molecule has 10 heteroatoms. The highest BCUT2D eigenvalue weighted by Crippen LogP contribution is 2.37. The van der Waals surface area contributed by atoms with Crippen LogP contribution in [0.2, 0.25) is 10.0 Å². The predicted molar refractivity (Wildman–Crippen MR) is 106 cm³/mol. The average molecular weight is 420 g/mol. The van der Waals surface area contributed by atoms with Gasteiger partial charge in [-0.25, -0.2) is 9.67 Å². The first-order valence-corrected chi connectivity index (χ1v) is 9.13. The second-order valence-corrected chi connectivity index (χ2v) is 6.72. The average Bonchev–Trinajstić information content (AvgIpc) is 3.21. The van der Waals surface area contributed by atoms with Gasteiger partial charge in [0.2, 0.25) is 5.91 Å². The molecule has 0 atom stereocenters. The number of fused-ring (bicyclic) bond motifs is 1. The van der Waals surface area contributed by atoms with Crippen LogP contribution in [0.3, 0.4) is 0 Å². The maximum absolute atomic E-state index is 12.5. The number of rotatable bonds is 5. The minimum Gasteiger partial charge on any atom is -0.486 e. The molecule has 4 rings (SSSR count). The zero-order valence-electron chi connectivity index (χ0n) is 14.5. The Morgan fingerprint density at radius 2 is 1.89 bits per heavy atom. The van der Waals surface area contributed by atoms with Crippen LogP contribution >= 0.6 is 23.2 Å². The van der Waals surface area contributed by atoms with Gasteiger partial charge in [0.15, 0.2) is 11.5 Å². The summed E-state index contributed by atoms with van der Waals surface area (Å²) in [4.78, 5) is 16.4. The van der Waals surface area contributed by atoms with Gasteiger partial charge in [0.1, 0.15) is 25.9 Å². The first-order valence-electron chi connectivity index (χ1n) is 8.37. The molecule has 1 aliphatic heterocycles. The number of benzene rings is 2. The van der Waals surface area contributed by atoms with Crippen LogP contribution in [0.1, 0.15) is 0 Å². The van der Waals surface area contributed by atoms with E-state index in [1.165, 1.54) is 17.3 Å². The van der Waals surface area contributed by atoms with E-state index < -0.39 is 0 Å². The van der Waals surface area contributed by atoms with E-state index in [1.54, 1.807) is 30.3 Å². The number of nitrogens with zero attached hydrogens (tertiary/aromatic N) is 3. The van der Waals surface area contributed by atoms with Gasteiger partial charge in [0.05, 0.1) is 28.6 Å². The Labute approximate surface area is 170 Å². The highest BCUT2D eigenvalue weighted by molar-refractivity contribution is 6.33. The molecule has 1 aromatic heterocycles. The molecule has 0 saturated heterocycles. The Morgan fingerprint density at radius 1 is 1.11 bits per heavy atom. The number of carbonyl (C=O) groups is 1. The molecule has 0 fully saturated rings. The molecule has 0 aliphatic carbocycles. The molecule has 0 spiro atoms. The highest BCUT2D eigenvalue weighted by Gasteiger charge is 2.16. The van der Waals surface area contributed by atoms with E-state index in [0.29, 0.717) is 51.8 Å². The third kappa shape index (κ3) is 3.97. The van der Waals surface area contributed by atoms with Crippen molar-refractivity contribution in [2.75, 3.05) is 30.4 Å². The van der Waals surface area contributed by atoms with Crippen LogP contribution in [0.4, 0.5) is 11.4 Å². The predicted octanol–water partition coefficient (Wildman–Crippen LogP) is 3.40. The van der Waals surface area contributed by atoms with Crippen LogP contribution in [0.5, 0.6) is 11.5 Å². The quantitative estimate of drug-likeness (QED) is 0.658. The van der Waals surface area contributed by atoms with Crippen LogP contribution in [0.25, 0.3) is 5.69 Å². The van der Waals surface area contributed by atoms with Gasteiger partial charge in [-0.15, -0.1) is 0 Å². The molecule has 144 valence electrons. The van der Waals surface area contributed by atoms with E-state index in [2.05, 4.69) is 20.7 Å². The van der Waals surface area contributed by atoms with Gasteiger partial charge in [-0.1, -0.05) is 23.2 Å². The van der Waals surface area contributed by atoms with E-state index in [1.807, 2.05) is 0 Å². The second kappa shape index (κ2) is 7.95. The van der Waals surface area contributed by atoms with Crippen molar-refractivity contribution in [2.24, 2.45) is 0 Å². The van der Waals surface area contributed by atoms with E-state index in [-0.39, 0.29) is 12.5 Å². The zero-order chi connectivity index (χ0) is 19.5. The maximum atomic E-state index is 12.5. The van der Waals surface area contributed by atoms with Crippen LogP contribution < -0.4 is 20.1 Å². The van der Waals surface area contributed by atoms with Gasteiger partial charge in [0.25, 0.3) is 0 Å². The smallest absolute Gasteiger partial charge is 0.243 e. The molecule has 0 saturated carbocycles. The summed E-state index contributed by atoms with van der Waals surface area (Å²) in [6, 6.07) is 8.48. The minimum atomic E-state index is -0.283. The Balaban J connectivity index is 1.47. The number of hydrogen-bond acceptors (Lipinski definition) is 6. The number of anilines is 2. The van der Waals surface area contributed by atoms with Gasteiger partial charge in [-0.05, 0) is 18.2 Å². The summed E-state index contributed by atoms with van der Waals surface area (Å²) >= 11 is 12.3. The third-order valence-corrected chi connectivity index (χ3v) is 4.52. The molecular formula is C18H15Cl2N5O3. The van der Waals surface area contributed by atoms with Gasteiger partial charge in [-0.3, -0.25) is 4.79 Å². The van der Waals surface area contributed by atoms with Crippen LogP contribution in [0, 0.1) is 0 Å². The fourth-order valence-corrected chi connectivity index (χ4v) is 3.10. The third-order valence-electron chi connectivity index (χ3n) is 3.97. The van der Waals surface area contributed by atoms with E-state index in [9.17, 15) is 4.79 Å². The topological polar surface area (TPSA) is 90.3 Å². The van der Waals surface area contributed by atoms with Crippen LogP contribution in [-0.4, -0.2) is 40.4 Å². The number of nitrogens with one attached hydrogen (secondary N) is 2. The molecule has 0 unspecified atom stereocenters. The zero-order valence-corrected chi connectivity index (χ0v) is 16.0. The van der Waals surface area contributed by atoms with Crippen molar-refractivity contribution < 1.29 is 14.3 Å². The van der Waals surface area contributed by atoms with Crippen molar-refractivity contribution in [1.82, 2.24) is 14.8 Å². The van der Waals surface area contributed by atoms with Crippen molar-refractivity contribution in [1.29, 1.82) is 0 Å². The number of carbonyl (C=O) groups excluding carboxylic acids is 1. The summed E-state index contributed by atoms with van der Waals surface area (Å²) in [6.45, 7) is 0.934. The summed E-state index contributed by atoms with van der Waals surface area (Å²) in [6.07, 6.45) is 2.94. The van der Waals surface area contributed by atoms with Crippen LogP contribution in [-0.2, 0) is 4.79 Å². The van der Waals surface area contributed by atoms with Crippen molar-refractivity contribution >= 4 is 40.5 Å². The summed E-state index contributed by atoms with van der Waals surface area (Å²) < 4.78 is 12.6. The van der Waals surface area contributed by atoms with Gasteiger partial charge in [-0.2, -0.15) is 5.10 Å². The van der Waals surface area contributed by atoms with Gasteiger partial charge in [0, 0.05) is 17.2 Å². The van der Waals surface area contributed by atoms with Gasteiger partial charge < -0.3 is 20.1 Å². The fraction of sp³-hybridized carbons (Fsp3) is 0.167. The van der Waals surface area contributed by atoms with Crippen molar-refractivity contribution in [3.63, 3.8) is 0 Å². The summed E-state index contributed by atoms with van der Waals surface area (Å²) in [5, 5.41) is 10.8. The summed E-state index contributed by atoms with van der Waals surface area (Å²) in [7, 11) is 0. The molecule has 2 N–H and O–H groups in total. The molecule has 0 radical (unpaired) electrons. The molecule has 8 nitrogen and oxygen atoms in total. The SMILES string of the molecule is O=C(CNc1cc2c(cc1Cl)OCCO2)Nc1cc(Cl)ccc1-n1cncn1. The number of halogens is 2. The number of hydrogen-bond donors (Lipinski definition) is 2. The monoisotopic (exact) mass is 419 g/mol. The van der Waals surface area contributed by atoms with E-state index in [4.69, 9.17) is 32.7 Å². The van der Waals surface area contributed by atoms with Crippen molar-refractivity contribution in [3.05, 3.63) is 53.0 Å². The molecule has 2 aromatic carbocycles. The normalized spacial score (nSPS) is 12.5. The Hall–Kier alpha value is -2.97. The Bertz CT molecular complexity index is 1010. The molecule has 1 aliphatic rings. The molecule has 3 aromatic rings. The first-order chi connectivity index (χ1) is 13.6. The summed E-state index contributed by atoms with van der Waals surface area (Å²) in [5.74, 6) is 0.888. The van der Waals surface area contributed by atoms with E-state index >= 15 is 0 Å². The lowest BCUT2D eigenvalue weighted by Gasteiger charge is -2.20. The molecule has 28 heavy (non-hydrogen) atoms. The lowest BCUT2D eigenvalue weighted by molar-refractivity contribution is -0.114. The second-order valence-electron chi connectivity index (χ2n) is 5.88. The van der Waals surface area contributed by atoms with Crippen molar-refractivity contribution in [3.8, 4) is 17.2 Å². The summed E-state index contributed by atoms with van der Waals surface area (Å²) in [5.41, 5.74) is 1.73. The lowest BCUT2D eigenvalue weighted by atomic mass is 10.2. The first kappa shape index (κ1) is 18.4. The highest BCUT2D eigenvalue weighted by atomic mass is 35.5. The number of aromatic nitrogens is 3. The van der Waals surface area contributed by atoms with Crippen molar-refractivity contribution in [2.45, 2.75) is 0 Å². The molecule has 0 bridgehead atoms. The molecule has 1 amide bonds. The van der Waals surface area contributed by atoms with Gasteiger partial charge >= 0.3 is 0 Å². The van der Waals surface area contributed by atoms with Crippen LogP contribution in [0.15, 0.2) is 43.0 Å². The largest absolute Gasteiger partial charge is 0.486 e. The Kier molecular flexibility index (Phi) is 5.23. The number of ether oxygens (including phenoxy) is 2. The maximum Gasteiger partial charge on any atom is 0.243 e. The molecular weight excluding hydrogens is 405 g/mol. The lowest BCUT2D eigenvalue weighted by Crippen LogP contribution is -2.23. The Morgan fingerprint density at radius 3 is 2.64 bits per heavy atom. The van der Waals surface area contributed by atoms with E-state index in [0.717, 1.165) is 0 Å². The fourth-order valence-electron chi connectivity index (χ4n) is 2.71. The number of amides is 1.